The molecule has 0 spiro atoms. The summed E-state index contributed by atoms with van der Waals surface area (Å²) in [6.45, 7) is 3.88. The smallest absolute Gasteiger partial charge is 0.331 e. The third-order valence-electron chi connectivity index (χ3n) is 2.41. The first-order valence-electron chi connectivity index (χ1n) is 4.16. The summed E-state index contributed by atoms with van der Waals surface area (Å²) in [6, 6.07) is 0. The lowest BCUT2D eigenvalue weighted by molar-refractivity contribution is -0.142. The summed E-state index contributed by atoms with van der Waals surface area (Å²) in [5.74, 6) is -0.527. The highest BCUT2D eigenvalue weighted by atomic mass is 16.5. The lowest BCUT2D eigenvalue weighted by Gasteiger charge is -2.31. The lowest BCUT2D eigenvalue weighted by Crippen LogP contribution is -2.35. The van der Waals surface area contributed by atoms with E-state index in [1.165, 1.54) is 12.2 Å². The van der Waals surface area contributed by atoms with Gasteiger partial charge in [-0.05, 0) is 6.08 Å². The molecule has 2 rings (SSSR count). The quantitative estimate of drug-likeness (QED) is 0.520. The van der Waals surface area contributed by atoms with Crippen LogP contribution >= 0.6 is 0 Å². The van der Waals surface area contributed by atoms with E-state index in [9.17, 15) is 9.59 Å². The fourth-order valence-electron chi connectivity index (χ4n) is 1.64. The maximum absolute atomic E-state index is 11.3. The number of hydrogen-bond donors (Lipinski definition) is 0. The summed E-state index contributed by atoms with van der Waals surface area (Å²) in [5, 5.41) is 0. The zero-order chi connectivity index (χ0) is 9.64. The summed E-state index contributed by atoms with van der Waals surface area (Å²) in [5.41, 5.74) is 0.212. The van der Waals surface area contributed by atoms with Gasteiger partial charge in [-0.1, -0.05) is 19.9 Å². The maximum Gasteiger partial charge on any atom is 0.331 e. The van der Waals surface area contributed by atoms with Gasteiger partial charge in [0.15, 0.2) is 5.78 Å². The van der Waals surface area contributed by atoms with E-state index >= 15 is 0 Å². The van der Waals surface area contributed by atoms with Crippen LogP contribution in [0.5, 0.6) is 0 Å². The SMILES string of the molecule is CC1(C)C=CC(=O)C2=CC(=O)OC21. The van der Waals surface area contributed by atoms with Crippen molar-refractivity contribution >= 4 is 11.8 Å². The van der Waals surface area contributed by atoms with Crippen molar-refractivity contribution in [3.8, 4) is 0 Å². The predicted molar refractivity (Wildman–Crippen MR) is 45.9 cm³/mol. The van der Waals surface area contributed by atoms with Gasteiger partial charge < -0.3 is 4.74 Å². The van der Waals surface area contributed by atoms with E-state index in [-0.39, 0.29) is 11.2 Å². The van der Waals surface area contributed by atoms with E-state index in [1.54, 1.807) is 6.08 Å². The van der Waals surface area contributed by atoms with Crippen molar-refractivity contribution in [3.05, 3.63) is 23.8 Å². The highest BCUT2D eigenvalue weighted by Gasteiger charge is 2.42. The molecule has 0 aromatic heterocycles. The van der Waals surface area contributed by atoms with Gasteiger partial charge in [-0.3, -0.25) is 4.79 Å². The number of carbonyl (C=O) groups is 2. The minimum absolute atomic E-state index is 0.116. The van der Waals surface area contributed by atoms with Crippen LogP contribution in [0.4, 0.5) is 0 Å². The van der Waals surface area contributed by atoms with Crippen molar-refractivity contribution in [2.75, 3.05) is 0 Å². The first-order chi connectivity index (χ1) is 6.00. The van der Waals surface area contributed by atoms with E-state index in [0.29, 0.717) is 5.57 Å². The number of fused-ring (bicyclic) bond motifs is 1. The maximum atomic E-state index is 11.3. The van der Waals surface area contributed by atoms with E-state index in [4.69, 9.17) is 4.74 Å². The molecule has 0 saturated carbocycles. The Morgan fingerprint density at radius 3 is 2.69 bits per heavy atom. The minimum atomic E-state index is -0.412. The predicted octanol–water partition coefficient (Wildman–Crippen LogP) is 1.00. The molecule has 0 aromatic carbocycles. The van der Waals surface area contributed by atoms with Crippen molar-refractivity contribution in [2.45, 2.75) is 20.0 Å². The van der Waals surface area contributed by atoms with Crippen LogP contribution in [0.2, 0.25) is 0 Å². The van der Waals surface area contributed by atoms with Gasteiger partial charge in [0.05, 0.1) is 0 Å². The van der Waals surface area contributed by atoms with Gasteiger partial charge >= 0.3 is 5.97 Å². The monoisotopic (exact) mass is 178 g/mol. The average Bonchev–Trinajstić information content (AvgIpc) is 2.42. The minimum Gasteiger partial charge on any atom is -0.453 e. The zero-order valence-corrected chi connectivity index (χ0v) is 7.53. The summed E-state index contributed by atoms with van der Waals surface area (Å²) in [6.07, 6.45) is 4.19. The first kappa shape index (κ1) is 8.23. The molecule has 3 heteroatoms. The largest absolute Gasteiger partial charge is 0.453 e. The summed E-state index contributed by atoms with van der Waals surface area (Å²) < 4.78 is 5.05. The van der Waals surface area contributed by atoms with E-state index in [0.717, 1.165) is 0 Å². The zero-order valence-electron chi connectivity index (χ0n) is 7.53. The number of carbonyl (C=O) groups excluding carboxylic acids is 2. The molecule has 1 unspecified atom stereocenters. The molecule has 0 N–H and O–H groups in total. The van der Waals surface area contributed by atoms with Crippen molar-refractivity contribution < 1.29 is 14.3 Å². The van der Waals surface area contributed by atoms with Crippen LogP contribution in [0.25, 0.3) is 0 Å². The fraction of sp³-hybridized carbons (Fsp3) is 0.400. The van der Waals surface area contributed by atoms with Gasteiger partial charge in [0.2, 0.25) is 0 Å². The van der Waals surface area contributed by atoms with Crippen LogP contribution in [0.15, 0.2) is 23.8 Å². The van der Waals surface area contributed by atoms with Crippen LogP contribution < -0.4 is 0 Å². The van der Waals surface area contributed by atoms with Gasteiger partial charge in [-0.2, -0.15) is 0 Å². The number of ketones is 1. The molecule has 0 saturated heterocycles. The fourth-order valence-corrected chi connectivity index (χ4v) is 1.64. The molecule has 1 aliphatic carbocycles. The number of rotatable bonds is 0. The molecule has 1 heterocycles. The molecule has 0 aromatic rings. The van der Waals surface area contributed by atoms with Crippen molar-refractivity contribution in [3.63, 3.8) is 0 Å². The molecule has 13 heavy (non-hydrogen) atoms. The Morgan fingerprint density at radius 1 is 1.38 bits per heavy atom. The molecule has 0 bridgehead atoms. The molecular weight excluding hydrogens is 168 g/mol. The highest BCUT2D eigenvalue weighted by molar-refractivity contribution is 6.11. The Kier molecular flexibility index (Phi) is 1.46. The van der Waals surface area contributed by atoms with Crippen LogP contribution in [-0.4, -0.2) is 17.9 Å². The summed E-state index contributed by atoms with van der Waals surface area (Å²) in [7, 11) is 0. The Bertz CT molecular complexity index is 347. The van der Waals surface area contributed by atoms with Crippen LogP contribution in [0.3, 0.4) is 0 Å². The number of hydrogen-bond acceptors (Lipinski definition) is 3. The Labute approximate surface area is 76.1 Å². The molecule has 68 valence electrons. The number of ether oxygens (including phenoxy) is 1. The van der Waals surface area contributed by atoms with E-state index < -0.39 is 12.1 Å². The molecule has 1 atom stereocenters. The molecule has 3 nitrogen and oxygen atoms in total. The van der Waals surface area contributed by atoms with Crippen LogP contribution in [0.1, 0.15) is 13.8 Å². The first-order valence-corrected chi connectivity index (χ1v) is 4.16. The summed E-state index contributed by atoms with van der Waals surface area (Å²) >= 11 is 0. The second-order valence-corrected chi connectivity index (χ2v) is 3.94. The second kappa shape index (κ2) is 2.31. The molecule has 0 amide bonds. The lowest BCUT2D eigenvalue weighted by atomic mass is 9.77. The normalized spacial score (nSPS) is 29.7. The second-order valence-electron chi connectivity index (χ2n) is 3.94. The Balaban J connectivity index is 2.48. The third kappa shape index (κ3) is 1.11. The number of esters is 1. The van der Waals surface area contributed by atoms with Crippen LogP contribution in [-0.2, 0) is 14.3 Å². The molecule has 0 radical (unpaired) electrons. The van der Waals surface area contributed by atoms with E-state index in [1.807, 2.05) is 13.8 Å². The van der Waals surface area contributed by atoms with Crippen molar-refractivity contribution in [1.29, 1.82) is 0 Å². The highest BCUT2D eigenvalue weighted by Crippen LogP contribution is 2.37. The third-order valence-corrected chi connectivity index (χ3v) is 2.41. The van der Waals surface area contributed by atoms with Gasteiger partial charge in [0.1, 0.15) is 6.10 Å². The summed E-state index contributed by atoms with van der Waals surface area (Å²) in [4.78, 5) is 22.3. The van der Waals surface area contributed by atoms with Gasteiger partial charge in [-0.25, -0.2) is 4.79 Å². The molecule has 0 fully saturated rings. The topological polar surface area (TPSA) is 43.4 Å². The molecule has 1 aliphatic heterocycles. The van der Waals surface area contributed by atoms with Gasteiger partial charge in [0, 0.05) is 17.1 Å². The number of allylic oxidation sites excluding steroid dienone is 1. The Hall–Kier alpha value is -1.38. The standard InChI is InChI=1S/C10H10O3/c1-10(2)4-3-7(11)6-5-8(12)13-9(6)10/h3-5,9H,1-2H3. The Morgan fingerprint density at radius 2 is 2.08 bits per heavy atom. The van der Waals surface area contributed by atoms with Crippen molar-refractivity contribution in [1.82, 2.24) is 0 Å². The average molecular weight is 178 g/mol. The molecule has 2 aliphatic rings. The molecular formula is C10H10O3. The van der Waals surface area contributed by atoms with Crippen LogP contribution in [0, 0.1) is 5.41 Å². The van der Waals surface area contributed by atoms with E-state index in [2.05, 4.69) is 0 Å². The van der Waals surface area contributed by atoms with Gasteiger partial charge in [-0.15, -0.1) is 0 Å². The van der Waals surface area contributed by atoms with Crippen molar-refractivity contribution in [2.24, 2.45) is 5.41 Å². The van der Waals surface area contributed by atoms with Gasteiger partial charge in [0.25, 0.3) is 0 Å².